The minimum Gasteiger partial charge on any atom is -0.390 e. The van der Waals surface area contributed by atoms with Crippen molar-refractivity contribution in [1.29, 1.82) is 0 Å². The lowest BCUT2D eigenvalue weighted by Crippen LogP contribution is -2.38. The topological polar surface area (TPSA) is 20.2 Å². The van der Waals surface area contributed by atoms with Crippen LogP contribution >= 0.6 is 11.6 Å². The Labute approximate surface area is 113 Å². The normalized spacial score (nSPS) is 20.7. The largest absolute Gasteiger partial charge is 0.390 e. The highest BCUT2D eigenvalue weighted by Gasteiger charge is 2.32. The van der Waals surface area contributed by atoms with Gasteiger partial charge < -0.3 is 5.11 Å². The van der Waals surface area contributed by atoms with E-state index in [1.54, 1.807) is 12.1 Å². The Morgan fingerprint density at radius 3 is 2.61 bits per heavy atom. The minimum atomic E-state index is -0.749. The van der Waals surface area contributed by atoms with Crippen molar-refractivity contribution in [3.63, 3.8) is 0 Å². The zero-order chi connectivity index (χ0) is 13.2. The molecule has 0 radical (unpaired) electrons. The summed E-state index contributed by atoms with van der Waals surface area (Å²) >= 11 is 5.66. The van der Waals surface area contributed by atoms with Gasteiger partial charge >= 0.3 is 0 Å². The molecule has 0 aromatic heterocycles. The summed E-state index contributed by atoms with van der Waals surface area (Å²) in [5, 5.41) is 10.7. The molecule has 1 atom stereocenters. The first-order valence-corrected chi connectivity index (χ1v) is 7.03. The van der Waals surface area contributed by atoms with E-state index in [0.717, 1.165) is 18.4 Å². The molecule has 1 unspecified atom stereocenters. The number of hydrogen-bond donors (Lipinski definition) is 1. The Morgan fingerprint density at radius 2 is 2.00 bits per heavy atom. The van der Waals surface area contributed by atoms with Crippen LogP contribution in [0.1, 0.15) is 44.6 Å². The third-order valence-electron chi connectivity index (χ3n) is 4.03. The van der Waals surface area contributed by atoms with Gasteiger partial charge in [-0.2, -0.15) is 0 Å². The maximum atomic E-state index is 13.4. The number of hydrogen-bond acceptors (Lipinski definition) is 1. The van der Waals surface area contributed by atoms with E-state index in [1.807, 2.05) is 6.92 Å². The fourth-order valence-electron chi connectivity index (χ4n) is 2.93. The minimum absolute atomic E-state index is 0.135. The highest BCUT2D eigenvalue weighted by atomic mass is 35.5. The first-order chi connectivity index (χ1) is 8.49. The quantitative estimate of drug-likeness (QED) is 0.866. The molecule has 0 spiro atoms. The third-order valence-corrected chi connectivity index (χ3v) is 4.34. The summed E-state index contributed by atoms with van der Waals surface area (Å²) in [6.07, 6.45) is 6.28. The van der Waals surface area contributed by atoms with E-state index in [0.29, 0.717) is 12.3 Å². The van der Waals surface area contributed by atoms with Gasteiger partial charge in [0.2, 0.25) is 0 Å². The van der Waals surface area contributed by atoms with Crippen LogP contribution in [0.4, 0.5) is 4.39 Å². The summed E-state index contributed by atoms with van der Waals surface area (Å²) in [5.74, 6) is -0.0846. The van der Waals surface area contributed by atoms with Gasteiger partial charge in [-0.1, -0.05) is 36.9 Å². The Morgan fingerprint density at radius 1 is 1.33 bits per heavy atom. The number of benzene rings is 1. The molecule has 18 heavy (non-hydrogen) atoms. The number of aliphatic hydroxyl groups is 1. The average Bonchev–Trinajstić information content (AvgIpc) is 2.35. The molecule has 0 bridgehead atoms. The van der Waals surface area contributed by atoms with Crippen molar-refractivity contribution < 1.29 is 9.50 Å². The molecule has 0 amide bonds. The van der Waals surface area contributed by atoms with Crippen molar-refractivity contribution >= 4 is 11.6 Å². The molecule has 1 N–H and O–H groups in total. The molecule has 3 heteroatoms. The van der Waals surface area contributed by atoms with Crippen molar-refractivity contribution in [1.82, 2.24) is 0 Å². The summed E-state index contributed by atoms with van der Waals surface area (Å²) < 4.78 is 13.4. The molecule has 1 fully saturated rings. The summed E-state index contributed by atoms with van der Waals surface area (Å²) in [5.41, 5.74) is 0.0632. The summed E-state index contributed by atoms with van der Waals surface area (Å²) in [7, 11) is 0. The van der Waals surface area contributed by atoms with Crippen molar-refractivity contribution in [2.45, 2.75) is 51.0 Å². The van der Waals surface area contributed by atoms with Crippen molar-refractivity contribution in [3.8, 4) is 0 Å². The monoisotopic (exact) mass is 270 g/mol. The van der Waals surface area contributed by atoms with E-state index in [4.69, 9.17) is 11.6 Å². The van der Waals surface area contributed by atoms with Gasteiger partial charge in [0, 0.05) is 6.42 Å². The van der Waals surface area contributed by atoms with Gasteiger partial charge in [0.05, 0.1) is 10.6 Å². The molecule has 1 saturated carbocycles. The SMILES string of the molecule is CC(O)(Cc1ccc(Cl)c(F)c1)C1CCCCC1. The zero-order valence-electron chi connectivity index (χ0n) is 10.8. The van der Waals surface area contributed by atoms with Gasteiger partial charge in [0.1, 0.15) is 5.82 Å². The predicted molar refractivity (Wildman–Crippen MR) is 72.3 cm³/mol. The van der Waals surface area contributed by atoms with E-state index in [2.05, 4.69) is 0 Å². The standard InChI is InChI=1S/C15H20ClFO/c1-15(18,12-5-3-2-4-6-12)10-11-7-8-13(16)14(17)9-11/h7-9,12,18H,2-6,10H2,1H3. The second-order valence-electron chi connectivity index (χ2n) is 5.62. The highest BCUT2D eigenvalue weighted by molar-refractivity contribution is 6.30. The smallest absolute Gasteiger partial charge is 0.142 e. The van der Waals surface area contributed by atoms with Crippen LogP contribution in [-0.2, 0) is 6.42 Å². The lowest BCUT2D eigenvalue weighted by molar-refractivity contribution is -0.0159. The van der Waals surface area contributed by atoms with E-state index in [1.165, 1.54) is 25.3 Å². The number of rotatable bonds is 3. The van der Waals surface area contributed by atoms with E-state index >= 15 is 0 Å². The van der Waals surface area contributed by atoms with Crippen molar-refractivity contribution in [2.75, 3.05) is 0 Å². The van der Waals surface area contributed by atoms with Gasteiger partial charge in [0.25, 0.3) is 0 Å². The molecule has 0 saturated heterocycles. The maximum Gasteiger partial charge on any atom is 0.142 e. The van der Waals surface area contributed by atoms with Gasteiger partial charge in [-0.25, -0.2) is 4.39 Å². The van der Waals surface area contributed by atoms with Crippen LogP contribution in [-0.4, -0.2) is 10.7 Å². The Kier molecular flexibility index (Phi) is 4.29. The molecule has 1 aliphatic carbocycles. The Hall–Kier alpha value is -0.600. The molecule has 0 aliphatic heterocycles. The van der Waals surface area contributed by atoms with E-state index in [9.17, 15) is 9.50 Å². The summed E-state index contributed by atoms with van der Waals surface area (Å²) in [6, 6.07) is 4.78. The maximum absolute atomic E-state index is 13.4. The molecular formula is C15H20ClFO. The second-order valence-corrected chi connectivity index (χ2v) is 6.02. The fraction of sp³-hybridized carbons (Fsp3) is 0.600. The third kappa shape index (κ3) is 3.24. The molecule has 0 heterocycles. The fourth-order valence-corrected chi connectivity index (χ4v) is 3.05. The lowest BCUT2D eigenvalue weighted by Gasteiger charge is -2.35. The van der Waals surface area contributed by atoms with E-state index in [-0.39, 0.29) is 5.02 Å². The molecule has 1 aromatic carbocycles. The predicted octanol–water partition coefficient (Wildman–Crippen LogP) is 4.35. The van der Waals surface area contributed by atoms with Crippen molar-refractivity contribution in [3.05, 3.63) is 34.6 Å². The average molecular weight is 271 g/mol. The van der Waals surface area contributed by atoms with Crippen LogP contribution in [0.5, 0.6) is 0 Å². The zero-order valence-corrected chi connectivity index (χ0v) is 11.5. The molecule has 1 aliphatic rings. The summed E-state index contributed by atoms with van der Waals surface area (Å²) in [6.45, 7) is 1.87. The molecular weight excluding hydrogens is 251 g/mol. The van der Waals surface area contributed by atoms with Gasteiger partial charge in [-0.05, 0) is 43.4 Å². The van der Waals surface area contributed by atoms with Crippen LogP contribution in [0.15, 0.2) is 18.2 Å². The van der Waals surface area contributed by atoms with Gasteiger partial charge in [0.15, 0.2) is 0 Å². The molecule has 100 valence electrons. The second kappa shape index (κ2) is 5.58. The Balaban J connectivity index is 2.08. The molecule has 2 rings (SSSR count). The number of halogens is 2. The first kappa shape index (κ1) is 13.8. The lowest BCUT2D eigenvalue weighted by atomic mass is 9.75. The van der Waals surface area contributed by atoms with Crippen LogP contribution in [0.3, 0.4) is 0 Å². The highest BCUT2D eigenvalue weighted by Crippen LogP contribution is 2.34. The summed E-state index contributed by atoms with van der Waals surface area (Å²) in [4.78, 5) is 0. The first-order valence-electron chi connectivity index (χ1n) is 6.65. The Bertz CT molecular complexity index is 411. The van der Waals surface area contributed by atoms with Gasteiger partial charge in [-0.15, -0.1) is 0 Å². The molecule has 1 nitrogen and oxygen atoms in total. The van der Waals surface area contributed by atoms with Crippen LogP contribution in [0.2, 0.25) is 5.02 Å². The van der Waals surface area contributed by atoms with Crippen LogP contribution < -0.4 is 0 Å². The van der Waals surface area contributed by atoms with Crippen LogP contribution in [0.25, 0.3) is 0 Å². The van der Waals surface area contributed by atoms with Crippen LogP contribution in [0, 0.1) is 11.7 Å². The molecule has 1 aromatic rings. The van der Waals surface area contributed by atoms with E-state index < -0.39 is 11.4 Å². The van der Waals surface area contributed by atoms with Crippen molar-refractivity contribution in [2.24, 2.45) is 5.92 Å². The van der Waals surface area contributed by atoms with Gasteiger partial charge in [-0.3, -0.25) is 0 Å².